The highest BCUT2D eigenvalue weighted by Crippen LogP contribution is 2.21. The number of carboxylic acid groups (broad SMARTS) is 1. The SMILES string of the molecule is C[C@@H](O)[C@H](NC(=O)CNC(=O)[C@H](CO)NC(=O)[C@H](CO)NC(=O)CNC(=O)[C@@H](N)CO)C(=O)NCC(=O)N[C@@H](CO)C(=O)N[C@H](C(=O)NCC(=O)N[C@@H](CC(N)=O)C(=O)N[C@@H](CCC(N)=O)C(=O)N[C@@H](CC(N)=O)C(=O)N1CCC[C@H]1C(=O)NCC(=O)N[C@@H](CO)C(=O)N1CCC[C@H]1C(=O)N[C@@H](CCCN=C(N)N)C(=O)O)[C@@H](C)O. The molecule has 0 radical (unpaired) electrons. The van der Waals surface area contributed by atoms with Crippen LogP contribution in [0.15, 0.2) is 4.99 Å². The van der Waals surface area contributed by atoms with Gasteiger partial charge in [0.2, 0.25) is 118 Å². The zero-order valence-corrected chi connectivity index (χ0v) is 62.4. The molecule has 2 heterocycles. The van der Waals surface area contributed by atoms with Crippen molar-refractivity contribution in [2.24, 2.45) is 39.4 Å². The molecule has 0 bridgehead atoms. The summed E-state index contributed by atoms with van der Waals surface area (Å²) in [6.07, 6.45) is -6.40. The number of nitrogens with one attached hydrogen (secondary N) is 15. The average molecular weight is 1650 g/mol. The zero-order valence-electron chi connectivity index (χ0n) is 62.4. The molecule has 2 aliphatic heterocycles. The first kappa shape index (κ1) is 98.9. The highest BCUT2D eigenvalue weighted by Gasteiger charge is 2.43. The lowest BCUT2D eigenvalue weighted by Gasteiger charge is -2.30. The number of carboxylic acids is 1. The first-order chi connectivity index (χ1) is 54.0. The van der Waals surface area contributed by atoms with Gasteiger partial charge in [-0.1, -0.05) is 0 Å². The van der Waals surface area contributed by atoms with Gasteiger partial charge < -0.3 is 165 Å². The second-order valence-corrected chi connectivity index (χ2v) is 25.9. The van der Waals surface area contributed by atoms with Crippen LogP contribution in [-0.2, 0) is 101 Å². The standard InChI is InChI=1S/C62H102N24O29/c1-26(92)47(83-46(101)20-71-50(103)33(22-88)82-53(106)34(23-89)76-43(98)16-70-49(102)28(63)21-87)57(110)73-19-44(99)77-35(24-90)54(107)84-48(27(2)93)58(111)74-18-42(97)75-31(14-40(65)95)52(105)79-29(9-10-39(64)94)51(104)81-32(15-41(66)96)59(112)85-12-4-7-37(85)55(108)72-17-45(100)78-36(25-91)60(113)86-13-5-8-38(86)56(109)80-30(61(114)115)6-3-11-69-62(67)68/h26-38,47-48,87-93H,3-25,63H2,1-2H3,(H2,64,94)(H2,65,95)(H2,66,96)(H,70,102)(H,71,103)(H,72,108)(H,73,110)(H,74,111)(H,75,97)(H,76,98)(H,77,99)(H,78,100)(H,79,105)(H,80,109)(H,81,104)(H,82,106)(H,83,101)(H,84,107)(H,114,115)(H4,67,68,69)/t26-,27-,28+,29+,30+,31+,32+,33+,34+,35+,36+,37+,38+,47+,48+/m1/s1. The van der Waals surface area contributed by atoms with Crippen LogP contribution in [0.1, 0.15) is 78.1 Å². The van der Waals surface area contributed by atoms with Gasteiger partial charge in [0.25, 0.3) is 0 Å². The molecule has 15 atom stereocenters. The van der Waals surface area contributed by atoms with Crippen molar-refractivity contribution in [3.63, 3.8) is 0 Å². The van der Waals surface area contributed by atoms with Gasteiger partial charge >= 0.3 is 5.97 Å². The van der Waals surface area contributed by atoms with Gasteiger partial charge in [-0.3, -0.25) is 101 Å². The third-order valence-electron chi connectivity index (χ3n) is 16.7. The molecule has 35 N–H and O–H groups in total. The van der Waals surface area contributed by atoms with Crippen molar-refractivity contribution in [2.45, 2.75) is 169 Å². The fourth-order valence-corrected chi connectivity index (χ4v) is 10.8. The van der Waals surface area contributed by atoms with E-state index in [2.05, 4.69) is 42.2 Å². The van der Waals surface area contributed by atoms with Gasteiger partial charge in [-0.25, -0.2) is 4.79 Å². The number of primary amides is 3. The molecule has 2 aliphatic rings. The van der Waals surface area contributed by atoms with E-state index in [9.17, 15) is 136 Å². The molecule has 0 aromatic carbocycles. The van der Waals surface area contributed by atoms with E-state index in [4.69, 9.17) is 39.5 Å². The van der Waals surface area contributed by atoms with Crippen LogP contribution < -0.4 is 114 Å². The predicted molar refractivity (Wildman–Crippen MR) is 384 cm³/mol. The van der Waals surface area contributed by atoms with Gasteiger partial charge in [-0.15, -0.1) is 0 Å². The summed E-state index contributed by atoms with van der Waals surface area (Å²) in [7, 11) is 0. The van der Waals surface area contributed by atoms with E-state index in [0.717, 1.165) is 23.6 Å². The number of carbonyl (C=O) groups excluding carboxylic acids is 20. The Morgan fingerprint density at radius 1 is 0.391 bits per heavy atom. The summed E-state index contributed by atoms with van der Waals surface area (Å²) in [6.45, 7) is -8.14. The predicted octanol–water partition coefficient (Wildman–Crippen LogP) is -20.4. The van der Waals surface area contributed by atoms with Crippen molar-refractivity contribution >= 4 is 130 Å². The summed E-state index contributed by atoms with van der Waals surface area (Å²) in [5.41, 5.74) is 32.0. The number of aliphatic imine (C=N–C) groups is 1. The molecule has 0 spiro atoms. The lowest BCUT2D eigenvalue weighted by Crippen LogP contribution is -2.60. The molecule has 20 amide bonds. The topological polar surface area (TPSA) is 876 Å². The Bertz CT molecular complexity index is 3550. The molecule has 0 unspecified atom stereocenters. The van der Waals surface area contributed by atoms with E-state index in [0.29, 0.717) is 0 Å². The largest absolute Gasteiger partial charge is 0.480 e. The van der Waals surface area contributed by atoms with Crippen molar-refractivity contribution in [1.29, 1.82) is 0 Å². The third-order valence-corrected chi connectivity index (χ3v) is 16.7. The van der Waals surface area contributed by atoms with Crippen LogP contribution in [-0.4, -0.2) is 357 Å². The first-order valence-electron chi connectivity index (χ1n) is 35.3. The quantitative estimate of drug-likeness (QED) is 0.0153. The molecule has 644 valence electrons. The third kappa shape index (κ3) is 34.8. The van der Waals surface area contributed by atoms with E-state index in [1.165, 1.54) is 0 Å². The minimum atomic E-state index is -2.03. The van der Waals surface area contributed by atoms with E-state index in [1.54, 1.807) is 0 Å². The maximum atomic E-state index is 14.2. The van der Waals surface area contributed by atoms with Crippen LogP contribution in [0.2, 0.25) is 0 Å². The number of carbonyl (C=O) groups is 21. The number of nitrogens with zero attached hydrogens (tertiary/aromatic N) is 3. The van der Waals surface area contributed by atoms with E-state index >= 15 is 0 Å². The van der Waals surface area contributed by atoms with E-state index in [-0.39, 0.29) is 64.1 Å². The number of likely N-dealkylation sites (tertiary alicyclic amines) is 2. The first-order valence-corrected chi connectivity index (χ1v) is 35.3. The van der Waals surface area contributed by atoms with Crippen molar-refractivity contribution in [3.8, 4) is 0 Å². The Balaban J connectivity index is 2.09. The van der Waals surface area contributed by atoms with Gasteiger partial charge in [0.15, 0.2) is 5.96 Å². The van der Waals surface area contributed by atoms with Crippen LogP contribution >= 0.6 is 0 Å². The zero-order chi connectivity index (χ0) is 87.1. The molecule has 0 aromatic heterocycles. The molecular formula is C62H102N24O29. The summed E-state index contributed by atoms with van der Waals surface area (Å²) < 4.78 is 0. The highest BCUT2D eigenvalue weighted by atomic mass is 16.4. The van der Waals surface area contributed by atoms with Gasteiger partial charge in [-0.2, -0.15) is 0 Å². The lowest BCUT2D eigenvalue weighted by molar-refractivity contribution is -0.145. The van der Waals surface area contributed by atoms with Crippen molar-refractivity contribution in [2.75, 3.05) is 85.4 Å². The number of aliphatic hydroxyl groups excluding tert-OH is 7. The Morgan fingerprint density at radius 3 is 1.22 bits per heavy atom. The summed E-state index contributed by atoms with van der Waals surface area (Å²) in [4.78, 5) is 278. The molecule has 2 fully saturated rings. The number of hydrogen-bond acceptors (Lipinski definition) is 30. The van der Waals surface area contributed by atoms with Crippen molar-refractivity contribution < 1.29 is 142 Å². The highest BCUT2D eigenvalue weighted by molar-refractivity contribution is 6.02. The van der Waals surface area contributed by atoms with E-state index in [1.807, 2.05) is 42.5 Å². The molecule has 0 aromatic rings. The van der Waals surface area contributed by atoms with Gasteiger partial charge in [0, 0.05) is 26.1 Å². The molecular weight excluding hydrogens is 1540 g/mol. The van der Waals surface area contributed by atoms with Crippen LogP contribution in [0.25, 0.3) is 0 Å². The molecule has 115 heavy (non-hydrogen) atoms. The number of guanidine groups is 1. The molecule has 53 heteroatoms. The summed E-state index contributed by atoms with van der Waals surface area (Å²) in [5.74, 6) is -24.9. The Kier molecular flexibility index (Phi) is 43.0. The van der Waals surface area contributed by atoms with Crippen LogP contribution in [0.4, 0.5) is 0 Å². The van der Waals surface area contributed by atoms with Crippen LogP contribution in [0, 0.1) is 0 Å². The maximum Gasteiger partial charge on any atom is 0.326 e. The molecule has 0 saturated carbocycles. The fraction of sp³-hybridized carbons (Fsp3) is 0.645. The Labute approximate surface area is 652 Å². The minimum absolute atomic E-state index is 0.0272. The maximum absolute atomic E-state index is 14.2. The number of nitrogens with two attached hydrogens (primary N) is 6. The molecule has 0 aliphatic carbocycles. The van der Waals surface area contributed by atoms with Crippen molar-refractivity contribution in [1.82, 2.24) is 89.6 Å². The summed E-state index contributed by atoms with van der Waals surface area (Å²) in [5, 5.41) is 110. The fourth-order valence-electron chi connectivity index (χ4n) is 10.8. The van der Waals surface area contributed by atoms with E-state index < -0.39 is 306 Å². The number of hydrogen-bond donors (Lipinski definition) is 29. The van der Waals surface area contributed by atoms with Gasteiger partial charge in [-0.05, 0) is 58.8 Å². The second kappa shape index (κ2) is 50.0. The van der Waals surface area contributed by atoms with Crippen molar-refractivity contribution in [3.05, 3.63) is 0 Å². The van der Waals surface area contributed by atoms with Crippen LogP contribution in [0.3, 0.4) is 0 Å². The second-order valence-electron chi connectivity index (χ2n) is 25.9. The Morgan fingerprint density at radius 2 is 0.765 bits per heavy atom. The summed E-state index contributed by atoms with van der Waals surface area (Å²) >= 11 is 0. The number of aliphatic carboxylic acids is 1. The monoisotopic (exact) mass is 1650 g/mol. The molecule has 2 saturated heterocycles. The smallest absolute Gasteiger partial charge is 0.326 e. The molecule has 53 nitrogen and oxygen atoms in total. The van der Waals surface area contributed by atoms with Crippen LogP contribution in [0.5, 0.6) is 0 Å². The lowest BCUT2D eigenvalue weighted by atomic mass is 10.1. The summed E-state index contributed by atoms with van der Waals surface area (Å²) in [6, 6.07) is -22.4. The van der Waals surface area contributed by atoms with Gasteiger partial charge in [0.1, 0.15) is 78.5 Å². The normalized spacial score (nSPS) is 16.9. The number of amides is 20. The minimum Gasteiger partial charge on any atom is -0.480 e. The Hall–Kier alpha value is -12.2. The number of aliphatic hydroxyl groups is 7. The number of rotatable bonds is 51. The average Bonchev–Trinajstić information content (AvgIpc) is 1.73. The van der Waals surface area contributed by atoms with Gasteiger partial charge in [0.05, 0.1) is 90.8 Å². The molecule has 2 rings (SSSR count).